The first-order valence-corrected chi connectivity index (χ1v) is 16.4. The number of hydrogen-bond acceptors (Lipinski definition) is 12. The first kappa shape index (κ1) is 39.4. The summed E-state index contributed by atoms with van der Waals surface area (Å²) in [6, 6.07) is 0. The van der Waals surface area contributed by atoms with Crippen molar-refractivity contribution >= 4 is 23.9 Å². The standard InChI is InChI=1S/C34H54O12/c1-5-33(17-35,18-36)21-45-29(39)25-13-9-11-23(3)27(25)31(41)43-15-7-8-16-44-32(42)28-24(4)12-10-14-26(28)30(40)46-22-34(6-2,19-37)20-38/h9-12,23-28,35-38H,5-8,13-22H2,1-4H3. The molecule has 0 spiro atoms. The fraction of sp³-hybridized carbons (Fsp3) is 0.765. The van der Waals surface area contributed by atoms with E-state index in [0.29, 0.717) is 38.5 Å². The van der Waals surface area contributed by atoms with Gasteiger partial charge in [0.2, 0.25) is 0 Å². The lowest BCUT2D eigenvalue weighted by Crippen LogP contribution is -2.41. The lowest BCUT2D eigenvalue weighted by Gasteiger charge is -2.32. The Morgan fingerprint density at radius 2 is 0.957 bits per heavy atom. The molecule has 12 heteroatoms. The van der Waals surface area contributed by atoms with Gasteiger partial charge in [-0.25, -0.2) is 0 Å². The number of ether oxygens (including phenoxy) is 4. The third kappa shape index (κ3) is 10.4. The highest BCUT2D eigenvalue weighted by Crippen LogP contribution is 2.35. The molecule has 6 atom stereocenters. The predicted octanol–water partition coefficient (Wildman–Crippen LogP) is 2.36. The number of esters is 4. The van der Waals surface area contributed by atoms with E-state index in [9.17, 15) is 39.6 Å². The lowest BCUT2D eigenvalue weighted by molar-refractivity contribution is -0.166. The minimum absolute atomic E-state index is 0.0610. The van der Waals surface area contributed by atoms with Crippen LogP contribution in [0.4, 0.5) is 0 Å². The second-order valence-electron chi connectivity index (χ2n) is 12.9. The van der Waals surface area contributed by atoms with Crippen LogP contribution in [0.3, 0.4) is 0 Å². The summed E-state index contributed by atoms with van der Waals surface area (Å²) in [6.45, 7) is 5.67. The molecule has 0 aliphatic heterocycles. The molecule has 2 aliphatic carbocycles. The number of unbranched alkanes of at least 4 members (excludes halogenated alkanes) is 1. The molecule has 0 fully saturated rings. The van der Waals surface area contributed by atoms with Crippen LogP contribution in [0.15, 0.2) is 24.3 Å². The highest BCUT2D eigenvalue weighted by Gasteiger charge is 2.42. The van der Waals surface area contributed by atoms with Crippen LogP contribution in [0.25, 0.3) is 0 Å². The normalized spacial score (nSPS) is 24.7. The summed E-state index contributed by atoms with van der Waals surface area (Å²) in [7, 11) is 0. The average Bonchev–Trinajstić information content (AvgIpc) is 3.07. The van der Waals surface area contributed by atoms with Gasteiger partial charge in [-0.3, -0.25) is 19.2 Å². The monoisotopic (exact) mass is 654 g/mol. The number of hydrogen-bond donors (Lipinski definition) is 4. The molecule has 0 heterocycles. The van der Waals surface area contributed by atoms with E-state index < -0.39 is 58.4 Å². The third-order valence-electron chi connectivity index (χ3n) is 9.72. The Balaban J connectivity index is 1.85. The van der Waals surface area contributed by atoms with Crippen molar-refractivity contribution in [3.63, 3.8) is 0 Å². The van der Waals surface area contributed by atoms with E-state index in [0.717, 1.165) is 0 Å². The maximum Gasteiger partial charge on any atom is 0.310 e. The average molecular weight is 655 g/mol. The molecule has 2 aliphatic rings. The van der Waals surface area contributed by atoms with Gasteiger partial charge < -0.3 is 39.4 Å². The van der Waals surface area contributed by atoms with Gasteiger partial charge in [0.15, 0.2) is 0 Å². The molecular weight excluding hydrogens is 600 g/mol. The van der Waals surface area contributed by atoms with Crippen LogP contribution in [0.5, 0.6) is 0 Å². The first-order valence-electron chi connectivity index (χ1n) is 16.4. The molecule has 4 N–H and O–H groups in total. The molecule has 0 aromatic carbocycles. The van der Waals surface area contributed by atoms with Crippen molar-refractivity contribution < 1.29 is 58.6 Å². The van der Waals surface area contributed by atoms with Gasteiger partial charge in [0.25, 0.3) is 0 Å². The van der Waals surface area contributed by atoms with Crippen LogP contribution in [0.2, 0.25) is 0 Å². The van der Waals surface area contributed by atoms with Crippen molar-refractivity contribution in [2.75, 3.05) is 52.9 Å². The van der Waals surface area contributed by atoms with Gasteiger partial charge in [0.1, 0.15) is 13.2 Å². The number of carbonyl (C=O) groups excluding carboxylic acids is 4. The molecule has 46 heavy (non-hydrogen) atoms. The van der Waals surface area contributed by atoms with E-state index in [1.807, 2.05) is 38.2 Å². The summed E-state index contributed by atoms with van der Waals surface area (Å²) in [5, 5.41) is 38.6. The summed E-state index contributed by atoms with van der Waals surface area (Å²) in [6.07, 6.45) is 9.63. The molecule has 6 unspecified atom stereocenters. The van der Waals surface area contributed by atoms with E-state index >= 15 is 0 Å². The second kappa shape index (κ2) is 19.1. The van der Waals surface area contributed by atoms with Crippen LogP contribution in [0.1, 0.15) is 66.2 Å². The molecule has 0 aromatic rings. The SMILES string of the molecule is CCC(CO)(CO)COC(=O)C1CC=CC(C)C1C(=O)OCCCCOC(=O)C1C(C)C=CCC1C(=O)OCC(CC)(CO)CO. The molecular formula is C34H54O12. The van der Waals surface area contributed by atoms with Crippen molar-refractivity contribution in [3.05, 3.63) is 24.3 Å². The third-order valence-corrected chi connectivity index (χ3v) is 9.72. The van der Waals surface area contributed by atoms with Gasteiger partial charge in [-0.1, -0.05) is 52.0 Å². The summed E-state index contributed by atoms with van der Waals surface area (Å²) >= 11 is 0. The zero-order valence-electron chi connectivity index (χ0n) is 27.7. The summed E-state index contributed by atoms with van der Waals surface area (Å²) < 4.78 is 21.9. The molecule has 0 bridgehead atoms. The fourth-order valence-corrected chi connectivity index (χ4v) is 5.73. The van der Waals surface area contributed by atoms with Gasteiger partial charge in [0, 0.05) is 0 Å². The number of rotatable bonds is 19. The largest absolute Gasteiger partial charge is 0.465 e. The maximum absolute atomic E-state index is 13.0. The van der Waals surface area contributed by atoms with Crippen molar-refractivity contribution in [2.24, 2.45) is 46.3 Å². The molecule has 0 saturated carbocycles. The van der Waals surface area contributed by atoms with Gasteiger partial charge in [-0.05, 0) is 50.4 Å². The number of aliphatic hydroxyl groups excluding tert-OH is 4. The molecule has 262 valence electrons. The summed E-state index contributed by atoms with van der Waals surface area (Å²) in [5.41, 5.74) is -1.88. The van der Waals surface area contributed by atoms with Crippen molar-refractivity contribution in [3.8, 4) is 0 Å². The Bertz CT molecular complexity index is 946. The van der Waals surface area contributed by atoms with Gasteiger partial charge >= 0.3 is 23.9 Å². The quantitative estimate of drug-likeness (QED) is 0.0691. The summed E-state index contributed by atoms with van der Waals surface area (Å²) in [5.74, 6) is -5.73. The van der Waals surface area contributed by atoms with Crippen LogP contribution in [-0.2, 0) is 38.1 Å². The highest BCUT2D eigenvalue weighted by atomic mass is 16.6. The van der Waals surface area contributed by atoms with Crippen molar-refractivity contribution in [2.45, 2.75) is 66.2 Å². The molecule has 0 saturated heterocycles. The highest BCUT2D eigenvalue weighted by molar-refractivity contribution is 5.84. The Hall–Kier alpha value is -2.80. The minimum atomic E-state index is -0.941. The number of allylic oxidation sites excluding steroid dienone is 4. The Kier molecular flexibility index (Phi) is 16.4. The molecule has 0 aromatic heterocycles. The van der Waals surface area contributed by atoms with Gasteiger partial charge in [-0.2, -0.15) is 0 Å². The Labute approximate surface area is 272 Å². The van der Waals surface area contributed by atoms with E-state index in [4.69, 9.17) is 18.9 Å². The van der Waals surface area contributed by atoms with Crippen LogP contribution in [0, 0.1) is 46.3 Å². The predicted molar refractivity (Wildman–Crippen MR) is 167 cm³/mol. The zero-order chi connectivity index (χ0) is 34.3. The Morgan fingerprint density at radius 1 is 0.609 bits per heavy atom. The van der Waals surface area contributed by atoms with Crippen LogP contribution in [-0.4, -0.2) is 97.2 Å². The minimum Gasteiger partial charge on any atom is -0.465 e. The molecule has 0 radical (unpaired) electrons. The van der Waals surface area contributed by atoms with E-state index in [-0.39, 0.29) is 64.7 Å². The van der Waals surface area contributed by atoms with Gasteiger partial charge in [0.05, 0.1) is 74.1 Å². The zero-order valence-corrected chi connectivity index (χ0v) is 27.7. The summed E-state index contributed by atoms with van der Waals surface area (Å²) in [4.78, 5) is 52.0. The fourth-order valence-electron chi connectivity index (χ4n) is 5.73. The van der Waals surface area contributed by atoms with Crippen molar-refractivity contribution in [1.29, 1.82) is 0 Å². The number of carbonyl (C=O) groups is 4. The molecule has 12 nitrogen and oxygen atoms in total. The second-order valence-corrected chi connectivity index (χ2v) is 12.9. The first-order chi connectivity index (χ1) is 22.0. The molecule has 0 amide bonds. The van der Waals surface area contributed by atoms with E-state index in [1.54, 1.807) is 13.8 Å². The van der Waals surface area contributed by atoms with Crippen LogP contribution >= 0.6 is 0 Å². The number of aliphatic hydroxyl groups is 4. The smallest absolute Gasteiger partial charge is 0.310 e. The van der Waals surface area contributed by atoms with E-state index in [1.165, 1.54) is 0 Å². The molecule has 2 rings (SSSR count). The lowest BCUT2D eigenvalue weighted by atomic mass is 9.76. The van der Waals surface area contributed by atoms with Gasteiger partial charge in [-0.15, -0.1) is 0 Å². The van der Waals surface area contributed by atoms with Crippen molar-refractivity contribution in [1.82, 2.24) is 0 Å². The maximum atomic E-state index is 13.0. The van der Waals surface area contributed by atoms with Crippen LogP contribution < -0.4 is 0 Å². The topological polar surface area (TPSA) is 186 Å². The Morgan fingerprint density at radius 3 is 1.26 bits per heavy atom. The van der Waals surface area contributed by atoms with E-state index in [2.05, 4.69) is 0 Å².